The van der Waals surface area contributed by atoms with Gasteiger partial charge in [-0.1, -0.05) is 30.3 Å². The van der Waals surface area contributed by atoms with Gasteiger partial charge in [0.1, 0.15) is 0 Å². The summed E-state index contributed by atoms with van der Waals surface area (Å²) in [5.74, 6) is -2.09. The van der Waals surface area contributed by atoms with Crippen molar-refractivity contribution in [2.24, 2.45) is 11.8 Å². The lowest BCUT2D eigenvalue weighted by Gasteiger charge is -2.38. The van der Waals surface area contributed by atoms with Crippen LogP contribution in [0.1, 0.15) is 70.0 Å². The first-order valence-electron chi connectivity index (χ1n) is 13.7. The number of amides is 2. The number of urea groups is 1. The van der Waals surface area contributed by atoms with Crippen molar-refractivity contribution in [3.05, 3.63) is 35.9 Å². The fourth-order valence-electron chi connectivity index (χ4n) is 5.55. The van der Waals surface area contributed by atoms with Crippen molar-refractivity contribution < 1.29 is 23.0 Å². The van der Waals surface area contributed by atoms with Crippen molar-refractivity contribution in [3.8, 4) is 0 Å². The van der Waals surface area contributed by atoms with Crippen LogP contribution in [0.15, 0.2) is 30.3 Å². The minimum absolute atomic E-state index is 0.0445. The number of hydrogen-bond donors (Lipinski definition) is 2. The Morgan fingerprint density at radius 1 is 1.17 bits per heavy atom. The SMILES string of the molecule is CCOCCCO[C@@H](c1ccccc1)[C@@H]1CCCN(C(=O)NC(CNC)CC2CCC(F)(F)CC2)C1. The summed E-state index contributed by atoms with van der Waals surface area (Å²) in [6.45, 7) is 5.98. The first kappa shape index (κ1) is 28.8. The number of ether oxygens (including phenoxy) is 2. The van der Waals surface area contributed by atoms with Crippen molar-refractivity contribution in [1.29, 1.82) is 0 Å². The van der Waals surface area contributed by atoms with Gasteiger partial charge in [0.25, 0.3) is 0 Å². The summed E-state index contributed by atoms with van der Waals surface area (Å²) >= 11 is 0. The second-order valence-corrected chi connectivity index (χ2v) is 10.3. The number of likely N-dealkylation sites (N-methyl/N-ethyl adjacent to an activating group) is 1. The van der Waals surface area contributed by atoms with Gasteiger partial charge in [-0.05, 0) is 64.0 Å². The van der Waals surface area contributed by atoms with E-state index >= 15 is 0 Å². The Morgan fingerprint density at radius 3 is 2.61 bits per heavy atom. The van der Waals surface area contributed by atoms with E-state index in [1.807, 2.05) is 37.1 Å². The Labute approximate surface area is 215 Å². The molecule has 1 aliphatic heterocycles. The minimum atomic E-state index is -2.53. The molecule has 8 heteroatoms. The normalized spacial score (nSPS) is 22.2. The van der Waals surface area contributed by atoms with E-state index in [0.29, 0.717) is 45.8 Å². The number of carbonyl (C=O) groups excluding carboxylic acids is 1. The van der Waals surface area contributed by atoms with Gasteiger partial charge in [0.15, 0.2) is 0 Å². The van der Waals surface area contributed by atoms with Gasteiger partial charge in [-0.3, -0.25) is 0 Å². The number of hydrogen-bond acceptors (Lipinski definition) is 4. The number of likely N-dealkylation sites (tertiary alicyclic amines) is 1. The van der Waals surface area contributed by atoms with Crippen LogP contribution in [-0.2, 0) is 9.47 Å². The van der Waals surface area contributed by atoms with Crippen LogP contribution >= 0.6 is 0 Å². The summed E-state index contributed by atoms with van der Waals surface area (Å²) < 4.78 is 39.0. The highest BCUT2D eigenvalue weighted by Gasteiger charge is 2.36. The molecule has 1 aliphatic carbocycles. The molecule has 3 atom stereocenters. The topological polar surface area (TPSA) is 62.8 Å². The number of nitrogens with one attached hydrogen (secondary N) is 2. The molecule has 2 aliphatic rings. The first-order valence-corrected chi connectivity index (χ1v) is 13.7. The van der Waals surface area contributed by atoms with Gasteiger partial charge in [-0.25, -0.2) is 13.6 Å². The Balaban J connectivity index is 1.57. The molecule has 2 N–H and O–H groups in total. The predicted octanol–water partition coefficient (Wildman–Crippen LogP) is 5.40. The lowest BCUT2D eigenvalue weighted by atomic mass is 9.83. The molecule has 3 rings (SSSR count). The average molecular weight is 510 g/mol. The van der Waals surface area contributed by atoms with Gasteiger partial charge in [0.2, 0.25) is 5.92 Å². The van der Waals surface area contributed by atoms with Crippen LogP contribution in [0.25, 0.3) is 0 Å². The Bertz CT molecular complexity index is 758. The van der Waals surface area contributed by atoms with Gasteiger partial charge in [0.05, 0.1) is 6.10 Å². The quantitative estimate of drug-likeness (QED) is 0.350. The molecule has 1 unspecified atom stereocenters. The van der Waals surface area contributed by atoms with Crippen molar-refractivity contribution in [2.45, 2.75) is 76.4 Å². The summed E-state index contributed by atoms with van der Waals surface area (Å²) in [5.41, 5.74) is 1.14. The molecule has 1 saturated carbocycles. The van der Waals surface area contributed by atoms with Crippen molar-refractivity contribution in [2.75, 3.05) is 46.5 Å². The smallest absolute Gasteiger partial charge is 0.317 e. The number of halogens is 2. The van der Waals surface area contributed by atoms with Crippen LogP contribution in [0.4, 0.5) is 13.6 Å². The molecule has 204 valence electrons. The predicted molar refractivity (Wildman–Crippen MR) is 138 cm³/mol. The third-order valence-electron chi connectivity index (χ3n) is 7.47. The van der Waals surface area contributed by atoms with Crippen LogP contribution in [0.3, 0.4) is 0 Å². The maximum Gasteiger partial charge on any atom is 0.317 e. The molecule has 0 aromatic heterocycles. The highest BCUT2D eigenvalue weighted by molar-refractivity contribution is 5.74. The molecule has 6 nitrogen and oxygen atoms in total. The van der Waals surface area contributed by atoms with Gasteiger partial charge in [0, 0.05) is 64.3 Å². The zero-order valence-corrected chi connectivity index (χ0v) is 22.0. The van der Waals surface area contributed by atoms with Crippen molar-refractivity contribution in [1.82, 2.24) is 15.5 Å². The number of alkyl halides is 2. The van der Waals surface area contributed by atoms with Crippen LogP contribution in [0.2, 0.25) is 0 Å². The maximum atomic E-state index is 13.6. The van der Waals surface area contributed by atoms with E-state index in [0.717, 1.165) is 37.8 Å². The molecular formula is C28H45F2N3O3. The Morgan fingerprint density at radius 2 is 1.92 bits per heavy atom. The van der Waals surface area contributed by atoms with Crippen molar-refractivity contribution >= 4 is 6.03 Å². The summed E-state index contributed by atoms with van der Waals surface area (Å²) in [6, 6.07) is 10.1. The molecular weight excluding hydrogens is 464 g/mol. The first-order chi connectivity index (χ1) is 17.4. The number of piperidine rings is 1. The van der Waals surface area contributed by atoms with E-state index < -0.39 is 5.92 Å². The molecule has 1 aromatic rings. The fourth-order valence-corrected chi connectivity index (χ4v) is 5.55. The molecule has 0 spiro atoms. The zero-order chi connectivity index (χ0) is 25.8. The van der Waals surface area contributed by atoms with Gasteiger partial charge in [-0.2, -0.15) is 0 Å². The molecule has 0 bridgehead atoms. The van der Waals surface area contributed by atoms with Crippen LogP contribution in [0.5, 0.6) is 0 Å². The Kier molecular flexibility index (Phi) is 11.9. The van der Waals surface area contributed by atoms with Gasteiger partial charge >= 0.3 is 6.03 Å². The molecule has 0 radical (unpaired) electrons. The number of rotatable bonds is 13. The average Bonchev–Trinajstić information content (AvgIpc) is 2.88. The highest BCUT2D eigenvalue weighted by atomic mass is 19.3. The van der Waals surface area contributed by atoms with E-state index in [9.17, 15) is 13.6 Å². The monoisotopic (exact) mass is 509 g/mol. The summed E-state index contributed by atoms with van der Waals surface area (Å²) in [4.78, 5) is 15.2. The van der Waals surface area contributed by atoms with E-state index in [2.05, 4.69) is 22.8 Å². The van der Waals surface area contributed by atoms with E-state index in [-0.39, 0.29) is 42.9 Å². The largest absolute Gasteiger partial charge is 0.382 e. The maximum absolute atomic E-state index is 13.6. The third-order valence-corrected chi connectivity index (χ3v) is 7.47. The zero-order valence-electron chi connectivity index (χ0n) is 22.0. The van der Waals surface area contributed by atoms with E-state index in [1.54, 1.807) is 0 Å². The lowest BCUT2D eigenvalue weighted by Crippen LogP contribution is -2.52. The summed E-state index contributed by atoms with van der Waals surface area (Å²) in [7, 11) is 1.86. The second-order valence-electron chi connectivity index (χ2n) is 10.3. The van der Waals surface area contributed by atoms with Gasteiger partial charge in [-0.15, -0.1) is 0 Å². The number of carbonyl (C=O) groups is 1. The number of nitrogens with zero attached hydrogens (tertiary/aromatic N) is 1. The molecule has 36 heavy (non-hydrogen) atoms. The fraction of sp³-hybridized carbons (Fsp3) is 0.750. The molecule has 1 aromatic carbocycles. The molecule has 2 fully saturated rings. The summed E-state index contributed by atoms with van der Waals surface area (Å²) in [5, 5.41) is 6.36. The standard InChI is InChI=1S/C28H45F2N3O3/c1-3-35-17-8-18-36-26(23-9-5-4-6-10-23)24-11-7-16-33(21-24)27(34)32-25(20-31-2)19-22-12-14-28(29,30)15-13-22/h4-6,9-10,22,24-26,31H,3,7-8,11-21H2,1-2H3,(H,32,34)/t24-,25?,26+/m1/s1. The lowest BCUT2D eigenvalue weighted by molar-refractivity contribution is -0.0473. The summed E-state index contributed by atoms with van der Waals surface area (Å²) in [6.07, 6.45) is 4.39. The molecule has 1 saturated heterocycles. The van der Waals surface area contributed by atoms with Gasteiger partial charge < -0.3 is 25.0 Å². The van der Waals surface area contributed by atoms with Crippen LogP contribution < -0.4 is 10.6 Å². The molecule has 2 amide bonds. The van der Waals surface area contributed by atoms with E-state index in [1.165, 1.54) is 0 Å². The molecule has 1 heterocycles. The van der Waals surface area contributed by atoms with Crippen molar-refractivity contribution in [3.63, 3.8) is 0 Å². The van der Waals surface area contributed by atoms with Crippen LogP contribution in [-0.4, -0.2) is 69.4 Å². The van der Waals surface area contributed by atoms with E-state index in [4.69, 9.17) is 9.47 Å². The van der Waals surface area contributed by atoms with Crippen LogP contribution in [0, 0.1) is 11.8 Å². The second kappa shape index (κ2) is 14.8. The highest BCUT2D eigenvalue weighted by Crippen LogP contribution is 2.38. The Hall–Kier alpha value is -1.77. The third kappa shape index (κ3) is 9.27. The minimum Gasteiger partial charge on any atom is -0.382 e. The number of benzene rings is 1.